The molecule has 3 atom stereocenters. The molecule has 3 unspecified atom stereocenters. The zero-order valence-corrected chi connectivity index (χ0v) is 11.6. The van der Waals surface area contributed by atoms with Gasteiger partial charge in [-0.1, -0.05) is 43.7 Å². The molecule has 0 saturated carbocycles. The van der Waals surface area contributed by atoms with Gasteiger partial charge in [0.05, 0.1) is 12.5 Å². The van der Waals surface area contributed by atoms with Crippen LogP contribution in [0.3, 0.4) is 0 Å². The van der Waals surface area contributed by atoms with Gasteiger partial charge < -0.3 is 5.73 Å². The Morgan fingerprint density at radius 1 is 1.42 bits per heavy atom. The summed E-state index contributed by atoms with van der Waals surface area (Å²) in [5, 5.41) is 9.10. The first-order valence-corrected chi connectivity index (χ1v) is 7.17. The van der Waals surface area contributed by atoms with Crippen molar-refractivity contribution in [1.82, 2.24) is 4.90 Å². The first kappa shape index (κ1) is 14.0. The summed E-state index contributed by atoms with van der Waals surface area (Å²) in [7, 11) is 0. The number of hydrogen-bond acceptors (Lipinski definition) is 3. The van der Waals surface area contributed by atoms with Crippen LogP contribution in [0.4, 0.5) is 0 Å². The molecule has 1 aliphatic rings. The van der Waals surface area contributed by atoms with E-state index in [1.165, 1.54) is 5.56 Å². The molecule has 1 saturated heterocycles. The molecule has 1 aromatic rings. The minimum absolute atomic E-state index is 0.216. The molecule has 0 radical (unpaired) electrons. The number of rotatable bonds is 4. The van der Waals surface area contributed by atoms with Gasteiger partial charge in [-0.05, 0) is 17.9 Å². The van der Waals surface area contributed by atoms with E-state index in [1.54, 1.807) is 0 Å². The van der Waals surface area contributed by atoms with Crippen LogP contribution in [0.15, 0.2) is 30.3 Å². The van der Waals surface area contributed by atoms with E-state index in [0.717, 1.165) is 25.9 Å². The van der Waals surface area contributed by atoms with Gasteiger partial charge in [0, 0.05) is 25.2 Å². The van der Waals surface area contributed by atoms with Gasteiger partial charge in [0.15, 0.2) is 0 Å². The molecule has 1 heterocycles. The van der Waals surface area contributed by atoms with Crippen LogP contribution >= 0.6 is 0 Å². The zero-order chi connectivity index (χ0) is 13.7. The highest BCUT2D eigenvalue weighted by Gasteiger charge is 2.30. The summed E-state index contributed by atoms with van der Waals surface area (Å²) in [5.41, 5.74) is 7.42. The van der Waals surface area contributed by atoms with E-state index in [9.17, 15) is 0 Å². The van der Waals surface area contributed by atoms with Crippen molar-refractivity contribution >= 4 is 0 Å². The number of likely N-dealkylation sites (tertiary alicyclic amines) is 1. The first-order chi connectivity index (χ1) is 9.26. The Labute approximate surface area is 116 Å². The van der Waals surface area contributed by atoms with Crippen molar-refractivity contribution in [1.29, 1.82) is 5.26 Å². The van der Waals surface area contributed by atoms with Crippen LogP contribution in [-0.4, -0.2) is 24.0 Å². The van der Waals surface area contributed by atoms with Crippen LogP contribution < -0.4 is 5.73 Å². The number of hydrogen-bond donors (Lipinski definition) is 1. The summed E-state index contributed by atoms with van der Waals surface area (Å²) in [6, 6.07) is 13.2. The zero-order valence-electron chi connectivity index (χ0n) is 11.6. The van der Waals surface area contributed by atoms with Gasteiger partial charge >= 0.3 is 0 Å². The van der Waals surface area contributed by atoms with Crippen LogP contribution in [0, 0.1) is 17.2 Å². The fourth-order valence-corrected chi connectivity index (χ4v) is 3.01. The molecule has 0 bridgehead atoms. The summed E-state index contributed by atoms with van der Waals surface area (Å²) in [6.45, 7) is 4.22. The molecule has 0 aromatic heterocycles. The average molecular weight is 257 g/mol. The number of nitrogens with two attached hydrogens (primary N) is 1. The van der Waals surface area contributed by atoms with Crippen LogP contribution in [0.25, 0.3) is 0 Å². The summed E-state index contributed by atoms with van der Waals surface area (Å²) in [4.78, 5) is 2.44. The van der Waals surface area contributed by atoms with Crippen molar-refractivity contribution in [2.24, 2.45) is 11.7 Å². The molecule has 102 valence electrons. The second-order valence-corrected chi connectivity index (χ2v) is 5.40. The Hall–Kier alpha value is -1.37. The second kappa shape index (κ2) is 6.70. The van der Waals surface area contributed by atoms with Gasteiger partial charge in [-0.15, -0.1) is 0 Å². The maximum Gasteiger partial charge on any atom is 0.0641 e. The maximum atomic E-state index is 9.10. The van der Waals surface area contributed by atoms with Crippen LogP contribution in [0.5, 0.6) is 0 Å². The van der Waals surface area contributed by atoms with Gasteiger partial charge in [0.1, 0.15) is 0 Å². The van der Waals surface area contributed by atoms with E-state index in [1.807, 2.05) is 18.2 Å². The van der Waals surface area contributed by atoms with Crippen molar-refractivity contribution in [3.05, 3.63) is 35.9 Å². The molecular weight excluding hydrogens is 234 g/mol. The summed E-state index contributed by atoms with van der Waals surface area (Å²) < 4.78 is 0. The molecular formula is C16H23N3. The monoisotopic (exact) mass is 257 g/mol. The van der Waals surface area contributed by atoms with Gasteiger partial charge in [0.2, 0.25) is 0 Å². The Morgan fingerprint density at radius 3 is 2.79 bits per heavy atom. The SMILES string of the molecule is CCC1CN(C(CC#N)c2ccccc2)CCC1N. The lowest BCUT2D eigenvalue weighted by atomic mass is 9.88. The molecule has 1 aromatic carbocycles. The van der Waals surface area contributed by atoms with Crippen LogP contribution in [0.2, 0.25) is 0 Å². The summed E-state index contributed by atoms with van der Waals surface area (Å²) >= 11 is 0. The van der Waals surface area contributed by atoms with E-state index in [0.29, 0.717) is 18.4 Å². The highest BCUT2D eigenvalue weighted by molar-refractivity contribution is 5.20. The van der Waals surface area contributed by atoms with E-state index < -0.39 is 0 Å². The van der Waals surface area contributed by atoms with Gasteiger partial charge in [0.25, 0.3) is 0 Å². The first-order valence-electron chi connectivity index (χ1n) is 7.17. The minimum Gasteiger partial charge on any atom is -0.327 e. The Balaban J connectivity index is 2.14. The Bertz CT molecular complexity index is 423. The van der Waals surface area contributed by atoms with Crippen molar-refractivity contribution in [3.8, 4) is 6.07 Å². The van der Waals surface area contributed by atoms with Gasteiger partial charge in [-0.25, -0.2) is 0 Å². The molecule has 3 nitrogen and oxygen atoms in total. The van der Waals surface area contributed by atoms with E-state index >= 15 is 0 Å². The number of nitrogens with zero attached hydrogens (tertiary/aromatic N) is 2. The summed E-state index contributed by atoms with van der Waals surface area (Å²) in [5.74, 6) is 0.554. The van der Waals surface area contributed by atoms with Gasteiger partial charge in [-0.3, -0.25) is 4.90 Å². The molecule has 1 fully saturated rings. The minimum atomic E-state index is 0.216. The third-order valence-corrected chi connectivity index (χ3v) is 4.26. The number of benzene rings is 1. The van der Waals surface area contributed by atoms with E-state index in [4.69, 9.17) is 11.0 Å². The lowest BCUT2D eigenvalue weighted by molar-refractivity contribution is 0.108. The average Bonchev–Trinajstić information content (AvgIpc) is 2.46. The molecule has 0 spiro atoms. The number of piperidine rings is 1. The van der Waals surface area contributed by atoms with Crippen molar-refractivity contribution in [2.45, 2.75) is 38.3 Å². The van der Waals surface area contributed by atoms with Gasteiger partial charge in [-0.2, -0.15) is 5.26 Å². The van der Waals surface area contributed by atoms with E-state index in [2.05, 4.69) is 30.0 Å². The highest BCUT2D eigenvalue weighted by Crippen LogP contribution is 2.29. The van der Waals surface area contributed by atoms with Crippen LogP contribution in [0.1, 0.15) is 37.8 Å². The smallest absolute Gasteiger partial charge is 0.0641 e. The lowest BCUT2D eigenvalue weighted by Crippen LogP contribution is -2.47. The molecule has 0 amide bonds. The molecule has 19 heavy (non-hydrogen) atoms. The third-order valence-electron chi connectivity index (χ3n) is 4.26. The standard InChI is InChI=1S/C16H23N3/c1-2-13-12-19(11-9-15(13)18)16(8-10-17)14-6-4-3-5-7-14/h3-7,13,15-16H,2,8-9,11-12,18H2,1H3. The van der Waals surface area contributed by atoms with Crippen molar-refractivity contribution in [2.75, 3.05) is 13.1 Å². The van der Waals surface area contributed by atoms with Crippen LogP contribution in [-0.2, 0) is 0 Å². The van der Waals surface area contributed by atoms with E-state index in [-0.39, 0.29) is 6.04 Å². The quantitative estimate of drug-likeness (QED) is 0.902. The fourth-order valence-electron chi connectivity index (χ4n) is 3.01. The molecule has 1 aliphatic heterocycles. The second-order valence-electron chi connectivity index (χ2n) is 5.40. The number of nitriles is 1. The summed E-state index contributed by atoms with van der Waals surface area (Å²) in [6.07, 6.45) is 2.70. The largest absolute Gasteiger partial charge is 0.327 e. The fraction of sp³-hybridized carbons (Fsp3) is 0.562. The topological polar surface area (TPSA) is 53.0 Å². The molecule has 0 aliphatic carbocycles. The molecule has 2 N–H and O–H groups in total. The molecule has 3 heteroatoms. The van der Waals surface area contributed by atoms with Crippen molar-refractivity contribution < 1.29 is 0 Å². The lowest BCUT2D eigenvalue weighted by Gasteiger charge is -2.40. The van der Waals surface area contributed by atoms with Crippen molar-refractivity contribution in [3.63, 3.8) is 0 Å². The predicted octanol–water partition coefficient (Wildman–Crippen LogP) is 2.70. The third kappa shape index (κ3) is 3.34. The highest BCUT2D eigenvalue weighted by atomic mass is 15.2. The Morgan fingerprint density at radius 2 is 2.16 bits per heavy atom. The Kier molecular flexibility index (Phi) is 4.95. The maximum absolute atomic E-state index is 9.10. The molecule has 2 rings (SSSR count). The predicted molar refractivity (Wildman–Crippen MR) is 77.4 cm³/mol. The normalized spacial score (nSPS) is 25.7.